The zero-order valence-electron chi connectivity index (χ0n) is 9.01. The van der Waals surface area contributed by atoms with E-state index in [1.54, 1.807) is 0 Å². The van der Waals surface area contributed by atoms with Crippen molar-refractivity contribution in [3.05, 3.63) is 47.0 Å². The van der Waals surface area contributed by atoms with Crippen LogP contribution >= 0.6 is 11.8 Å². The number of hydrogen-bond acceptors (Lipinski definition) is 4. The van der Waals surface area contributed by atoms with Gasteiger partial charge in [-0.15, -0.1) is 0 Å². The number of carbonyl (C=O) groups is 2. The van der Waals surface area contributed by atoms with Gasteiger partial charge in [-0.2, -0.15) is 0 Å². The highest BCUT2D eigenvalue weighted by molar-refractivity contribution is 8.04. The Balaban J connectivity index is 1.84. The molecule has 0 atom stereocenters. The number of hydrogen-bond donors (Lipinski definition) is 1. The van der Waals surface area contributed by atoms with Gasteiger partial charge in [0.25, 0.3) is 0 Å². The number of nitrogens with one attached hydrogen (secondary N) is 1. The van der Waals surface area contributed by atoms with Crippen molar-refractivity contribution in [1.29, 1.82) is 0 Å². The minimum absolute atomic E-state index is 0.0860. The summed E-state index contributed by atoms with van der Waals surface area (Å²) in [6.45, 7) is 0.238. The van der Waals surface area contributed by atoms with Crippen LogP contribution in [0.2, 0.25) is 0 Å². The number of rotatable bonds is 3. The van der Waals surface area contributed by atoms with Crippen LogP contribution in [0.15, 0.2) is 41.4 Å². The molecule has 0 bridgehead atoms. The largest absolute Gasteiger partial charge is 0.458 e. The van der Waals surface area contributed by atoms with Crippen molar-refractivity contribution in [2.45, 2.75) is 6.61 Å². The molecule has 0 radical (unpaired) electrons. The van der Waals surface area contributed by atoms with E-state index < -0.39 is 5.97 Å². The summed E-state index contributed by atoms with van der Waals surface area (Å²) in [6, 6.07) is 9.43. The summed E-state index contributed by atoms with van der Waals surface area (Å²) < 4.78 is 5.05. The molecular weight excluding hydrogens is 238 g/mol. The summed E-state index contributed by atoms with van der Waals surface area (Å²) in [6.07, 6.45) is 1.30. The van der Waals surface area contributed by atoms with Crippen molar-refractivity contribution in [3.63, 3.8) is 0 Å². The standard InChI is InChI=1S/C12H11NO3S/c14-10-8-17-11(13-10)6-12(15)16-7-9-4-2-1-3-5-9/h1-6H,7-8H2,(H,13,14)/b11-6+. The number of benzene rings is 1. The molecule has 1 aliphatic heterocycles. The van der Waals surface area contributed by atoms with Crippen LogP contribution in [-0.4, -0.2) is 17.6 Å². The molecule has 88 valence electrons. The van der Waals surface area contributed by atoms with Crippen molar-refractivity contribution in [3.8, 4) is 0 Å². The molecule has 0 unspecified atom stereocenters. The van der Waals surface area contributed by atoms with Crippen LogP contribution in [0.1, 0.15) is 5.56 Å². The van der Waals surface area contributed by atoms with E-state index in [1.165, 1.54) is 17.8 Å². The Morgan fingerprint density at radius 1 is 1.41 bits per heavy atom. The zero-order chi connectivity index (χ0) is 12.1. The third-order valence-corrected chi connectivity index (χ3v) is 3.03. The van der Waals surface area contributed by atoms with Gasteiger partial charge in [0.05, 0.1) is 16.9 Å². The number of amides is 1. The van der Waals surface area contributed by atoms with Crippen LogP contribution in [0.4, 0.5) is 0 Å². The molecule has 0 aliphatic carbocycles. The molecule has 5 heteroatoms. The van der Waals surface area contributed by atoms with Crippen LogP contribution < -0.4 is 5.32 Å². The van der Waals surface area contributed by atoms with E-state index in [-0.39, 0.29) is 12.5 Å². The van der Waals surface area contributed by atoms with Crippen LogP contribution in [0.25, 0.3) is 0 Å². The normalized spacial score (nSPS) is 16.9. The summed E-state index contributed by atoms with van der Waals surface area (Å²) in [5, 5.41) is 3.12. The fraction of sp³-hybridized carbons (Fsp3) is 0.167. The first-order valence-electron chi connectivity index (χ1n) is 5.09. The lowest BCUT2D eigenvalue weighted by atomic mass is 10.2. The Kier molecular flexibility index (Phi) is 3.82. The first-order valence-corrected chi connectivity index (χ1v) is 6.07. The number of esters is 1. The maximum Gasteiger partial charge on any atom is 0.333 e. The van der Waals surface area contributed by atoms with Gasteiger partial charge in [0, 0.05) is 0 Å². The van der Waals surface area contributed by atoms with E-state index in [4.69, 9.17) is 4.74 Å². The highest BCUT2D eigenvalue weighted by Gasteiger charge is 2.16. The molecule has 0 spiro atoms. The Hall–Kier alpha value is -1.75. The minimum atomic E-state index is -0.446. The van der Waals surface area contributed by atoms with E-state index in [0.717, 1.165) is 5.56 Å². The summed E-state index contributed by atoms with van der Waals surface area (Å²) in [4.78, 5) is 22.3. The molecule has 1 aliphatic rings. The fourth-order valence-corrected chi connectivity index (χ4v) is 2.03. The zero-order valence-corrected chi connectivity index (χ0v) is 9.83. The van der Waals surface area contributed by atoms with Crippen molar-refractivity contribution >= 4 is 23.6 Å². The van der Waals surface area contributed by atoms with Crippen LogP contribution in [0, 0.1) is 0 Å². The molecule has 0 aromatic heterocycles. The number of thioether (sulfide) groups is 1. The number of carbonyl (C=O) groups excluding carboxylic acids is 2. The molecule has 1 N–H and O–H groups in total. The second-order valence-corrected chi connectivity index (χ2v) is 4.46. The predicted molar refractivity (Wildman–Crippen MR) is 64.9 cm³/mol. The molecule has 0 saturated carbocycles. The quantitative estimate of drug-likeness (QED) is 0.650. The SMILES string of the molecule is O=C1CS/C(=C/C(=O)OCc2ccccc2)N1. The first-order chi connectivity index (χ1) is 8.24. The molecule has 1 saturated heterocycles. The van der Waals surface area contributed by atoms with Gasteiger partial charge in [0.2, 0.25) is 5.91 Å². The van der Waals surface area contributed by atoms with Crippen LogP contribution in [0.5, 0.6) is 0 Å². The van der Waals surface area contributed by atoms with E-state index in [1.807, 2.05) is 30.3 Å². The van der Waals surface area contributed by atoms with Gasteiger partial charge in [-0.25, -0.2) is 4.79 Å². The lowest BCUT2D eigenvalue weighted by Gasteiger charge is -2.02. The smallest absolute Gasteiger partial charge is 0.333 e. The Morgan fingerprint density at radius 2 is 2.18 bits per heavy atom. The molecule has 1 aromatic rings. The van der Waals surface area contributed by atoms with Gasteiger partial charge in [-0.3, -0.25) is 4.79 Å². The Bertz CT molecular complexity index is 456. The Morgan fingerprint density at radius 3 is 2.82 bits per heavy atom. The van der Waals surface area contributed by atoms with Gasteiger partial charge in [0.15, 0.2) is 0 Å². The topological polar surface area (TPSA) is 55.4 Å². The number of ether oxygens (including phenoxy) is 1. The highest BCUT2D eigenvalue weighted by Crippen LogP contribution is 2.18. The molecule has 2 rings (SSSR count). The van der Waals surface area contributed by atoms with Gasteiger partial charge >= 0.3 is 5.97 Å². The third-order valence-electron chi connectivity index (χ3n) is 2.09. The monoisotopic (exact) mass is 249 g/mol. The third kappa shape index (κ3) is 3.64. The average molecular weight is 249 g/mol. The van der Waals surface area contributed by atoms with Crippen molar-refractivity contribution in [1.82, 2.24) is 5.32 Å². The van der Waals surface area contributed by atoms with Gasteiger partial charge in [-0.05, 0) is 5.56 Å². The predicted octanol–water partition coefficient (Wildman–Crippen LogP) is 1.43. The van der Waals surface area contributed by atoms with Crippen LogP contribution in [0.3, 0.4) is 0 Å². The van der Waals surface area contributed by atoms with Crippen LogP contribution in [-0.2, 0) is 20.9 Å². The lowest BCUT2D eigenvalue weighted by molar-refractivity contribution is -0.139. The van der Waals surface area contributed by atoms with Gasteiger partial charge in [-0.1, -0.05) is 42.1 Å². The maximum atomic E-state index is 11.4. The fourth-order valence-electron chi connectivity index (χ4n) is 1.31. The lowest BCUT2D eigenvalue weighted by Crippen LogP contribution is -2.15. The Labute approximate surface area is 103 Å². The van der Waals surface area contributed by atoms with Crippen molar-refractivity contribution < 1.29 is 14.3 Å². The van der Waals surface area contributed by atoms with Crippen molar-refractivity contribution in [2.24, 2.45) is 0 Å². The molecule has 4 nitrogen and oxygen atoms in total. The molecular formula is C12H11NO3S. The minimum Gasteiger partial charge on any atom is -0.458 e. The first kappa shape index (κ1) is 11.7. The van der Waals surface area contributed by atoms with Gasteiger partial charge < -0.3 is 10.1 Å². The summed E-state index contributed by atoms with van der Waals surface area (Å²) in [5.74, 6) is -0.173. The van der Waals surface area contributed by atoms with E-state index in [9.17, 15) is 9.59 Å². The summed E-state index contributed by atoms with van der Waals surface area (Å²) in [7, 11) is 0. The average Bonchev–Trinajstić information content (AvgIpc) is 2.73. The molecule has 17 heavy (non-hydrogen) atoms. The molecule has 1 heterocycles. The second-order valence-electron chi connectivity index (χ2n) is 3.44. The molecule has 1 fully saturated rings. The van der Waals surface area contributed by atoms with E-state index in [0.29, 0.717) is 10.8 Å². The second kappa shape index (κ2) is 5.54. The van der Waals surface area contributed by atoms with E-state index in [2.05, 4.69) is 5.32 Å². The maximum absolute atomic E-state index is 11.4. The van der Waals surface area contributed by atoms with Gasteiger partial charge in [0.1, 0.15) is 6.61 Å². The summed E-state index contributed by atoms with van der Waals surface area (Å²) >= 11 is 1.30. The molecule has 1 aromatic carbocycles. The van der Waals surface area contributed by atoms with Crippen molar-refractivity contribution in [2.75, 3.05) is 5.75 Å². The highest BCUT2D eigenvalue weighted by atomic mass is 32.2. The summed E-state index contributed by atoms with van der Waals surface area (Å²) in [5.41, 5.74) is 0.933. The molecule has 1 amide bonds. The van der Waals surface area contributed by atoms with E-state index >= 15 is 0 Å².